The highest BCUT2D eigenvalue weighted by Gasteiger charge is 2.28. The highest BCUT2D eigenvalue weighted by molar-refractivity contribution is 8.00. The maximum atomic E-state index is 12.7. The van der Waals surface area contributed by atoms with Crippen molar-refractivity contribution in [3.05, 3.63) is 48.5 Å². The molecule has 3 rings (SSSR count). The van der Waals surface area contributed by atoms with Crippen molar-refractivity contribution >= 4 is 33.4 Å². The van der Waals surface area contributed by atoms with Gasteiger partial charge in [-0.1, -0.05) is 6.92 Å². The molecule has 1 amide bonds. The summed E-state index contributed by atoms with van der Waals surface area (Å²) >= 11 is 1.02. The monoisotopic (exact) mass is 464 g/mol. The van der Waals surface area contributed by atoms with Gasteiger partial charge in [0.2, 0.25) is 21.6 Å². The molecule has 1 atom stereocenters. The molecule has 3 aromatic rings. The van der Waals surface area contributed by atoms with Gasteiger partial charge < -0.3 is 19.7 Å². The van der Waals surface area contributed by atoms with Gasteiger partial charge in [0.05, 0.1) is 22.5 Å². The van der Waals surface area contributed by atoms with Crippen LogP contribution in [-0.4, -0.2) is 32.0 Å². The van der Waals surface area contributed by atoms with E-state index in [-0.39, 0.29) is 15.8 Å². The van der Waals surface area contributed by atoms with Crippen molar-refractivity contribution in [2.45, 2.75) is 28.5 Å². The number of anilines is 1. The van der Waals surface area contributed by atoms with Gasteiger partial charge in [0.25, 0.3) is 5.03 Å². The van der Waals surface area contributed by atoms with E-state index < -0.39 is 21.2 Å². The van der Waals surface area contributed by atoms with E-state index in [0.717, 1.165) is 11.8 Å². The topological polar surface area (TPSA) is 151 Å². The average Bonchev–Trinajstić information content (AvgIpc) is 3.11. The number of aromatic nitrogens is 2. The summed E-state index contributed by atoms with van der Waals surface area (Å²) in [6, 6.07) is 12.3. The third kappa shape index (κ3) is 5.34. The van der Waals surface area contributed by atoms with E-state index in [2.05, 4.69) is 10.6 Å². The number of nitrogens with zero attached hydrogens (tertiary/aromatic N) is 2. The lowest BCUT2D eigenvalue weighted by molar-refractivity contribution is -0.705. The number of rotatable bonds is 8. The molecule has 0 bridgehead atoms. The van der Waals surface area contributed by atoms with Gasteiger partial charge in [0, 0.05) is 17.8 Å². The lowest BCUT2D eigenvalue weighted by Crippen LogP contribution is -2.36. The predicted molar refractivity (Wildman–Crippen MR) is 110 cm³/mol. The first kappa shape index (κ1) is 22.6. The Hall–Kier alpha value is -3.09. The second kappa shape index (κ2) is 9.37. The van der Waals surface area contributed by atoms with Crippen LogP contribution in [0.3, 0.4) is 0 Å². The number of benzene rings is 2. The first-order valence-corrected chi connectivity index (χ1v) is 11.5. The number of amides is 1. The van der Waals surface area contributed by atoms with Crippen molar-refractivity contribution < 1.29 is 32.3 Å². The average molecular weight is 465 g/mol. The Bertz CT molecular complexity index is 1160. The summed E-state index contributed by atoms with van der Waals surface area (Å²) in [6.07, 6.45) is 0.416. The molecule has 0 aliphatic carbocycles. The Morgan fingerprint density at radius 3 is 2.45 bits per heavy atom. The molecule has 31 heavy (non-hydrogen) atoms. The quantitative estimate of drug-likeness (QED) is 0.373. The smallest absolute Gasteiger partial charge is 0.298 e. The highest BCUT2D eigenvalue weighted by atomic mass is 32.2. The predicted octanol–water partition coefficient (Wildman–Crippen LogP) is 1.19. The third-order valence-corrected chi connectivity index (χ3v) is 6.58. The SMILES string of the molecule is CCC(Sc1c([O-])on[n+]1-c1ccc(OC)cc1)C(=O)Nc1ccc(S(N)(=O)=O)cc1. The molecule has 1 unspecified atom stereocenters. The number of thioether (sulfide) groups is 1. The Labute approximate surface area is 183 Å². The van der Waals surface area contributed by atoms with Gasteiger partial charge in [-0.2, -0.15) is 0 Å². The molecule has 10 nitrogen and oxygen atoms in total. The number of methoxy groups -OCH3 is 1. The molecule has 2 aromatic carbocycles. The molecule has 0 saturated heterocycles. The van der Waals surface area contributed by atoms with Gasteiger partial charge in [0.1, 0.15) is 5.75 Å². The summed E-state index contributed by atoms with van der Waals surface area (Å²) in [5.41, 5.74) is 0.968. The molecule has 164 valence electrons. The Morgan fingerprint density at radius 2 is 1.90 bits per heavy atom. The molecule has 0 radical (unpaired) electrons. The van der Waals surface area contributed by atoms with Crippen LogP contribution >= 0.6 is 11.8 Å². The number of hydrogen-bond donors (Lipinski definition) is 2. The van der Waals surface area contributed by atoms with E-state index >= 15 is 0 Å². The molecular weight excluding hydrogens is 444 g/mol. The van der Waals surface area contributed by atoms with Crippen LogP contribution in [0.5, 0.6) is 11.7 Å². The second-order valence-corrected chi connectivity index (χ2v) is 9.10. The van der Waals surface area contributed by atoms with Crippen molar-refractivity contribution in [1.29, 1.82) is 0 Å². The minimum Gasteiger partial charge on any atom is -0.538 e. The van der Waals surface area contributed by atoms with Crippen LogP contribution in [0, 0.1) is 0 Å². The summed E-state index contributed by atoms with van der Waals surface area (Å²) in [5.74, 6) is -0.383. The molecule has 0 saturated carbocycles. The molecule has 0 fully saturated rings. The lowest BCUT2D eigenvalue weighted by Gasteiger charge is -2.13. The maximum Gasteiger partial charge on any atom is 0.298 e. The van der Waals surface area contributed by atoms with Crippen molar-refractivity contribution in [1.82, 2.24) is 5.27 Å². The van der Waals surface area contributed by atoms with E-state index in [4.69, 9.17) is 14.4 Å². The van der Waals surface area contributed by atoms with Gasteiger partial charge in [-0.05, 0) is 59.3 Å². The third-order valence-electron chi connectivity index (χ3n) is 4.26. The number of primary sulfonamides is 1. The molecule has 0 spiro atoms. The molecule has 1 heterocycles. The van der Waals surface area contributed by atoms with Crippen molar-refractivity contribution in [3.63, 3.8) is 0 Å². The first-order valence-electron chi connectivity index (χ1n) is 9.06. The molecule has 12 heteroatoms. The van der Waals surface area contributed by atoms with Gasteiger partial charge >= 0.3 is 0 Å². The minimum atomic E-state index is -3.82. The summed E-state index contributed by atoms with van der Waals surface area (Å²) in [5, 5.41) is 23.3. The fourth-order valence-electron chi connectivity index (χ4n) is 2.63. The summed E-state index contributed by atoms with van der Waals surface area (Å²) in [7, 11) is -2.28. The van der Waals surface area contributed by atoms with Crippen molar-refractivity contribution in [2.24, 2.45) is 5.14 Å². The van der Waals surface area contributed by atoms with E-state index in [1.807, 2.05) is 0 Å². The van der Waals surface area contributed by atoms with E-state index in [0.29, 0.717) is 23.5 Å². The number of sulfonamides is 1. The van der Waals surface area contributed by atoms with E-state index in [1.54, 1.807) is 38.3 Å². The second-order valence-electron chi connectivity index (χ2n) is 6.35. The van der Waals surface area contributed by atoms with Gasteiger partial charge in [-0.3, -0.25) is 4.79 Å². The van der Waals surface area contributed by atoms with Crippen LogP contribution < -0.4 is 25.0 Å². The number of carbonyl (C=O) groups is 1. The van der Waals surface area contributed by atoms with Crippen LogP contribution in [0.25, 0.3) is 5.69 Å². The van der Waals surface area contributed by atoms with Crippen molar-refractivity contribution in [3.8, 4) is 17.4 Å². The van der Waals surface area contributed by atoms with Crippen LogP contribution in [0.15, 0.2) is 63.0 Å². The number of ether oxygens (including phenoxy) is 1. The van der Waals surface area contributed by atoms with Crippen LogP contribution in [0.4, 0.5) is 5.69 Å². The zero-order chi connectivity index (χ0) is 22.6. The normalized spacial score (nSPS) is 12.4. The molecular formula is C19H20N4O6S2. The Morgan fingerprint density at radius 1 is 1.26 bits per heavy atom. The van der Waals surface area contributed by atoms with Gasteiger partial charge in [-0.25, -0.2) is 13.6 Å². The van der Waals surface area contributed by atoms with Gasteiger partial charge in [-0.15, -0.1) is 0 Å². The van der Waals surface area contributed by atoms with E-state index in [9.17, 15) is 18.3 Å². The van der Waals surface area contributed by atoms with Crippen LogP contribution in [0.1, 0.15) is 13.3 Å². The Kier molecular flexibility index (Phi) is 6.83. The number of nitrogens with two attached hydrogens (primary N) is 1. The highest BCUT2D eigenvalue weighted by Crippen LogP contribution is 2.30. The maximum absolute atomic E-state index is 12.7. The zero-order valence-corrected chi connectivity index (χ0v) is 18.3. The van der Waals surface area contributed by atoms with Crippen molar-refractivity contribution in [2.75, 3.05) is 12.4 Å². The summed E-state index contributed by atoms with van der Waals surface area (Å²) in [4.78, 5) is 12.7. The largest absolute Gasteiger partial charge is 0.538 e. The lowest BCUT2D eigenvalue weighted by atomic mass is 10.3. The summed E-state index contributed by atoms with van der Waals surface area (Å²) in [6.45, 7) is 1.80. The van der Waals surface area contributed by atoms with Crippen LogP contribution in [-0.2, 0) is 14.8 Å². The standard InChI is InChI=1S/C19H20N4O6S2/c1-3-16(17(24)21-12-4-10-15(11-5-12)31(20,26)27)30-18-19(25)29-22-23(18)13-6-8-14(28-2)9-7-13/h4-11,16H,3H2,1-2H3,(H3-,20,21,22,24,25,26,27). The number of carbonyl (C=O) groups excluding carboxylic acids is 1. The summed E-state index contributed by atoms with van der Waals surface area (Å²) < 4.78 is 33.9. The fraction of sp³-hybridized carbons (Fsp3) is 0.211. The number of hydrogen-bond acceptors (Lipinski definition) is 8. The zero-order valence-electron chi connectivity index (χ0n) is 16.6. The molecule has 1 aromatic heterocycles. The molecule has 0 aliphatic rings. The molecule has 3 N–H and O–H groups in total. The Balaban J connectivity index is 1.77. The number of nitrogens with one attached hydrogen (secondary N) is 1. The minimum absolute atomic E-state index is 0.0621. The molecule has 0 aliphatic heterocycles. The van der Waals surface area contributed by atoms with Gasteiger partial charge in [0.15, 0.2) is 5.95 Å². The van der Waals surface area contributed by atoms with Crippen LogP contribution in [0.2, 0.25) is 0 Å². The first-order chi connectivity index (χ1) is 14.7. The fourth-order valence-corrected chi connectivity index (χ4v) is 4.12. The van der Waals surface area contributed by atoms with E-state index in [1.165, 1.54) is 28.9 Å².